The van der Waals surface area contributed by atoms with E-state index in [0.29, 0.717) is 0 Å². The zero-order valence-corrected chi connectivity index (χ0v) is 15.4. The molecule has 0 atom stereocenters. The van der Waals surface area contributed by atoms with Crippen molar-refractivity contribution < 1.29 is 0 Å². The third kappa shape index (κ3) is 6.46. The maximum Gasteiger partial charge on any atom is 0.191 e. The van der Waals surface area contributed by atoms with Gasteiger partial charge in [-0.25, -0.2) is 0 Å². The van der Waals surface area contributed by atoms with Gasteiger partial charge in [0.25, 0.3) is 0 Å². The molecule has 0 saturated heterocycles. The predicted molar refractivity (Wildman–Crippen MR) is 98.6 cm³/mol. The first-order chi connectivity index (χ1) is 10.3. The molecule has 2 aromatic rings. The van der Waals surface area contributed by atoms with Gasteiger partial charge in [0.05, 0.1) is 12.7 Å². The van der Waals surface area contributed by atoms with Crippen LogP contribution < -0.4 is 10.6 Å². The fourth-order valence-corrected chi connectivity index (χ4v) is 1.98. The van der Waals surface area contributed by atoms with Gasteiger partial charge in [0.2, 0.25) is 0 Å². The lowest BCUT2D eigenvalue weighted by Crippen LogP contribution is -2.39. The van der Waals surface area contributed by atoms with Gasteiger partial charge in [-0.3, -0.25) is 14.4 Å². The van der Waals surface area contributed by atoms with Crippen LogP contribution in [0.2, 0.25) is 0 Å². The van der Waals surface area contributed by atoms with E-state index < -0.39 is 0 Å². The lowest BCUT2D eigenvalue weighted by Gasteiger charge is -2.11. The average Bonchev–Trinajstić information content (AvgIpc) is 3.13. The molecule has 0 unspecified atom stereocenters. The Hall–Kier alpha value is -1.58. The van der Waals surface area contributed by atoms with Gasteiger partial charge in [-0.1, -0.05) is 0 Å². The monoisotopic (exact) mass is 417 g/mol. The number of hydrogen-bond donors (Lipinski definition) is 2. The molecule has 7 nitrogen and oxygen atoms in total. The molecular weight excluding hydrogens is 393 g/mol. The van der Waals surface area contributed by atoms with Crippen LogP contribution in [-0.2, 0) is 13.1 Å². The maximum absolute atomic E-state index is 4.25. The van der Waals surface area contributed by atoms with Gasteiger partial charge in [0.1, 0.15) is 0 Å². The molecule has 0 aromatic carbocycles. The highest BCUT2D eigenvalue weighted by atomic mass is 127. The lowest BCUT2D eigenvalue weighted by atomic mass is 10.4. The summed E-state index contributed by atoms with van der Waals surface area (Å²) in [5.41, 5.74) is 1.18. The van der Waals surface area contributed by atoms with Crippen molar-refractivity contribution in [2.45, 2.75) is 26.4 Å². The van der Waals surface area contributed by atoms with Crippen molar-refractivity contribution in [3.8, 4) is 0 Å². The molecule has 0 bridgehead atoms. The molecule has 0 amide bonds. The summed E-state index contributed by atoms with van der Waals surface area (Å²) in [5, 5.41) is 15.0. The third-order valence-electron chi connectivity index (χ3n) is 3.03. The van der Waals surface area contributed by atoms with E-state index in [1.54, 1.807) is 13.2 Å². The summed E-state index contributed by atoms with van der Waals surface area (Å²) in [6.07, 6.45) is 8.66. The molecule has 0 radical (unpaired) electrons. The molecule has 22 heavy (non-hydrogen) atoms. The first kappa shape index (κ1) is 18.5. The fraction of sp³-hybridized carbons (Fsp3) is 0.500. The van der Waals surface area contributed by atoms with Crippen LogP contribution in [0.15, 0.2) is 35.8 Å². The summed E-state index contributed by atoms with van der Waals surface area (Å²) in [6.45, 7) is 5.42. The Morgan fingerprint density at radius 2 is 2.00 bits per heavy atom. The molecule has 122 valence electrons. The number of aryl methyl sites for hydroxylation is 2. The van der Waals surface area contributed by atoms with E-state index in [9.17, 15) is 0 Å². The van der Waals surface area contributed by atoms with Gasteiger partial charge in [-0.05, 0) is 25.0 Å². The Bertz CT molecular complexity index is 547. The van der Waals surface area contributed by atoms with Crippen LogP contribution in [-0.4, -0.2) is 45.7 Å². The van der Waals surface area contributed by atoms with Gasteiger partial charge in [0.15, 0.2) is 5.96 Å². The zero-order valence-electron chi connectivity index (χ0n) is 13.1. The molecule has 0 saturated carbocycles. The van der Waals surface area contributed by atoms with Crippen LogP contribution in [0.5, 0.6) is 0 Å². The highest BCUT2D eigenvalue weighted by Crippen LogP contribution is 1.93. The van der Waals surface area contributed by atoms with E-state index in [0.717, 1.165) is 38.6 Å². The molecule has 0 aliphatic rings. The van der Waals surface area contributed by atoms with Crippen molar-refractivity contribution in [2.75, 3.05) is 20.1 Å². The average molecular weight is 417 g/mol. The molecule has 0 aliphatic carbocycles. The molecule has 0 fully saturated rings. The van der Waals surface area contributed by atoms with Crippen LogP contribution in [0.1, 0.15) is 12.0 Å². The largest absolute Gasteiger partial charge is 0.356 e. The third-order valence-corrected chi connectivity index (χ3v) is 3.03. The smallest absolute Gasteiger partial charge is 0.191 e. The summed E-state index contributed by atoms with van der Waals surface area (Å²) in [7, 11) is 1.78. The highest BCUT2D eigenvalue weighted by Gasteiger charge is 1.98. The van der Waals surface area contributed by atoms with Crippen molar-refractivity contribution in [3.05, 3.63) is 36.4 Å². The summed E-state index contributed by atoms with van der Waals surface area (Å²) < 4.78 is 3.85. The first-order valence-electron chi connectivity index (χ1n) is 7.19. The Morgan fingerprint density at radius 3 is 2.64 bits per heavy atom. The van der Waals surface area contributed by atoms with E-state index in [-0.39, 0.29) is 24.0 Å². The van der Waals surface area contributed by atoms with Crippen molar-refractivity contribution in [1.29, 1.82) is 0 Å². The number of nitrogens with zero attached hydrogens (tertiary/aromatic N) is 5. The summed E-state index contributed by atoms with van der Waals surface area (Å²) in [6, 6.07) is 1.94. The lowest BCUT2D eigenvalue weighted by molar-refractivity contribution is 0.565. The molecule has 2 rings (SSSR count). The first-order valence-corrected chi connectivity index (χ1v) is 7.19. The SMILES string of the molecule is CN=C(NCCCn1cccn1)NCCn1cc(C)cn1.I. The fourth-order valence-electron chi connectivity index (χ4n) is 1.98. The zero-order chi connectivity index (χ0) is 14.9. The van der Waals surface area contributed by atoms with E-state index in [2.05, 4.69) is 25.8 Å². The van der Waals surface area contributed by atoms with Crippen molar-refractivity contribution in [3.63, 3.8) is 0 Å². The second-order valence-electron chi connectivity index (χ2n) is 4.83. The van der Waals surface area contributed by atoms with Crippen LogP contribution in [0.3, 0.4) is 0 Å². The molecule has 2 heterocycles. The van der Waals surface area contributed by atoms with Crippen LogP contribution in [0.4, 0.5) is 0 Å². The minimum atomic E-state index is 0. The van der Waals surface area contributed by atoms with Crippen LogP contribution in [0, 0.1) is 6.92 Å². The number of aromatic nitrogens is 4. The summed E-state index contributed by atoms with van der Waals surface area (Å²) in [4.78, 5) is 4.20. The van der Waals surface area contributed by atoms with Gasteiger partial charge in [-0.2, -0.15) is 10.2 Å². The Balaban J connectivity index is 0.00000242. The molecule has 8 heteroatoms. The number of aliphatic imine (C=N–C) groups is 1. The Labute approximate surface area is 148 Å². The quantitative estimate of drug-likeness (QED) is 0.308. The highest BCUT2D eigenvalue weighted by molar-refractivity contribution is 14.0. The maximum atomic E-state index is 4.25. The second-order valence-corrected chi connectivity index (χ2v) is 4.83. The second kappa shape index (κ2) is 10.2. The molecule has 2 N–H and O–H groups in total. The minimum absolute atomic E-state index is 0. The van der Waals surface area contributed by atoms with Gasteiger partial charge < -0.3 is 10.6 Å². The van der Waals surface area contributed by atoms with E-state index in [1.807, 2.05) is 40.9 Å². The van der Waals surface area contributed by atoms with Crippen molar-refractivity contribution >= 4 is 29.9 Å². The molecule has 0 aliphatic heterocycles. The van der Waals surface area contributed by atoms with Crippen molar-refractivity contribution in [1.82, 2.24) is 30.2 Å². The Kier molecular flexibility index (Phi) is 8.56. The number of hydrogen-bond acceptors (Lipinski definition) is 3. The Morgan fingerprint density at radius 1 is 1.18 bits per heavy atom. The topological polar surface area (TPSA) is 72.1 Å². The van der Waals surface area contributed by atoms with Crippen LogP contribution in [0.25, 0.3) is 0 Å². The number of halogens is 1. The van der Waals surface area contributed by atoms with E-state index in [1.165, 1.54) is 5.56 Å². The van der Waals surface area contributed by atoms with Gasteiger partial charge >= 0.3 is 0 Å². The normalized spacial score (nSPS) is 11.1. The predicted octanol–water partition coefficient (Wildman–Crippen LogP) is 1.26. The number of rotatable bonds is 7. The summed E-state index contributed by atoms with van der Waals surface area (Å²) >= 11 is 0. The molecular formula is C14H24IN7. The van der Waals surface area contributed by atoms with Crippen molar-refractivity contribution in [2.24, 2.45) is 4.99 Å². The minimum Gasteiger partial charge on any atom is -0.356 e. The molecule has 2 aromatic heterocycles. The molecule has 0 spiro atoms. The summed E-state index contributed by atoms with van der Waals surface area (Å²) in [5.74, 6) is 0.819. The van der Waals surface area contributed by atoms with Gasteiger partial charge in [-0.15, -0.1) is 24.0 Å². The van der Waals surface area contributed by atoms with Gasteiger partial charge in [0, 0.05) is 45.3 Å². The standard InChI is InChI=1S/C14H23N7.HI/c1-13-11-19-21(12-13)10-7-17-14(15-2)16-5-3-8-20-9-4-6-18-20;/h4,6,9,11-12H,3,5,7-8,10H2,1-2H3,(H2,15,16,17);1H. The van der Waals surface area contributed by atoms with Crippen LogP contribution >= 0.6 is 24.0 Å². The number of guanidine groups is 1. The van der Waals surface area contributed by atoms with E-state index >= 15 is 0 Å². The number of nitrogens with one attached hydrogen (secondary N) is 2. The van der Waals surface area contributed by atoms with E-state index in [4.69, 9.17) is 0 Å².